The molecular weight excluding hydrogens is 368 g/mol. The van der Waals surface area contributed by atoms with Crippen molar-refractivity contribution in [2.45, 2.75) is 91.0 Å². The first kappa shape index (κ1) is 23.7. The zero-order chi connectivity index (χ0) is 22.3. The summed E-state index contributed by atoms with van der Waals surface area (Å²) in [5, 5.41) is 12.1. The number of carboxylic acids is 1. The van der Waals surface area contributed by atoms with E-state index in [0.29, 0.717) is 0 Å². The molecule has 3 amide bonds. The molecule has 0 saturated carbocycles. The Balaban J connectivity index is 3.21. The van der Waals surface area contributed by atoms with Gasteiger partial charge in [0.05, 0.1) is 5.92 Å². The van der Waals surface area contributed by atoms with Gasteiger partial charge in [-0.15, -0.1) is 0 Å². The summed E-state index contributed by atoms with van der Waals surface area (Å²) in [6.45, 7) is 14.4. The molecule has 1 rings (SSSR count). The van der Waals surface area contributed by atoms with Gasteiger partial charge >= 0.3 is 18.2 Å². The largest absolute Gasteiger partial charge is 0.479 e. The lowest BCUT2D eigenvalue weighted by Gasteiger charge is -2.32. The van der Waals surface area contributed by atoms with Crippen molar-refractivity contribution < 1.29 is 33.8 Å². The molecule has 9 heteroatoms. The number of imide groups is 1. The Morgan fingerprint density at radius 2 is 1.50 bits per heavy atom. The lowest BCUT2D eigenvalue weighted by atomic mass is 9.81. The van der Waals surface area contributed by atoms with E-state index in [1.165, 1.54) is 6.92 Å². The second-order valence-electron chi connectivity index (χ2n) is 9.86. The van der Waals surface area contributed by atoms with E-state index < -0.39 is 52.3 Å². The lowest BCUT2D eigenvalue weighted by Crippen LogP contribution is -2.60. The Kier molecular flexibility index (Phi) is 6.14. The maximum Gasteiger partial charge on any atom is 0.417 e. The van der Waals surface area contributed by atoms with Gasteiger partial charge in [0, 0.05) is 5.54 Å². The van der Waals surface area contributed by atoms with Gasteiger partial charge < -0.3 is 19.9 Å². The number of rotatable bonds is 3. The van der Waals surface area contributed by atoms with E-state index in [2.05, 4.69) is 5.32 Å². The molecule has 2 N–H and O–H groups in total. The Morgan fingerprint density at radius 1 is 1.04 bits per heavy atom. The lowest BCUT2D eigenvalue weighted by molar-refractivity contribution is -0.150. The van der Waals surface area contributed by atoms with Crippen molar-refractivity contribution in [2.24, 2.45) is 5.92 Å². The van der Waals surface area contributed by atoms with E-state index in [9.17, 15) is 24.3 Å². The van der Waals surface area contributed by atoms with E-state index in [4.69, 9.17) is 9.47 Å². The third kappa shape index (κ3) is 5.36. The van der Waals surface area contributed by atoms with Gasteiger partial charge in [-0.25, -0.2) is 19.3 Å². The Bertz CT molecular complexity index is 673. The summed E-state index contributed by atoms with van der Waals surface area (Å²) in [7, 11) is 0. The average molecular weight is 400 g/mol. The van der Waals surface area contributed by atoms with Crippen LogP contribution in [0.2, 0.25) is 0 Å². The quantitative estimate of drug-likeness (QED) is 0.747. The fourth-order valence-electron chi connectivity index (χ4n) is 3.03. The van der Waals surface area contributed by atoms with E-state index in [0.717, 1.165) is 4.90 Å². The van der Waals surface area contributed by atoms with Gasteiger partial charge in [-0.05, 0) is 68.7 Å². The number of likely N-dealkylation sites (tertiary alicyclic amines) is 1. The summed E-state index contributed by atoms with van der Waals surface area (Å²) >= 11 is 0. The number of hydrogen-bond donors (Lipinski definition) is 2. The summed E-state index contributed by atoms with van der Waals surface area (Å²) < 4.78 is 10.4. The molecule has 1 aliphatic rings. The van der Waals surface area contributed by atoms with Crippen LogP contribution in [0.3, 0.4) is 0 Å². The minimum absolute atomic E-state index is 0.0314. The second-order valence-corrected chi connectivity index (χ2v) is 9.86. The zero-order valence-electron chi connectivity index (χ0n) is 18.1. The molecule has 0 aromatic carbocycles. The molecule has 0 aromatic rings. The van der Waals surface area contributed by atoms with Crippen LogP contribution in [0.15, 0.2) is 0 Å². The second kappa shape index (κ2) is 7.25. The number of nitrogens with zero attached hydrogens (tertiary/aromatic N) is 1. The summed E-state index contributed by atoms with van der Waals surface area (Å²) in [6, 6.07) is 0. The molecule has 1 heterocycles. The van der Waals surface area contributed by atoms with Crippen LogP contribution < -0.4 is 5.32 Å². The first-order valence-electron chi connectivity index (χ1n) is 9.12. The summed E-state index contributed by atoms with van der Waals surface area (Å²) in [5.41, 5.74) is -4.62. The molecule has 1 fully saturated rings. The SMILES string of the molecule is CC(C)(C)OC(=O)NC(C)(C(=O)O)C1CC(C)(C)N(C(=O)OC(C)(C)C)C1=O. The number of alkyl carbamates (subject to hydrolysis) is 1. The highest BCUT2D eigenvalue weighted by atomic mass is 16.6. The molecule has 9 nitrogen and oxygen atoms in total. The summed E-state index contributed by atoms with van der Waals surface area (Å²) in [4.78, 5) is 50.7. The van der Waals surface area contributed by atoms with E-state index >= 15 is 0 Å². The normalized spacial score (nSPS) is 21.7. The highest BCUT2D eigenvalue weighted by Crippen LogP contribution is 2.40. The molecule has 28 heavy (non-hydrogen) atoms. The maximum atomic E-state index is 13.0. The fourth-order valence-corrected chi connectivity index (χ4v) is 3.03. The number of carbonyl (C=O) groups is 4. The van der Waals surface area contributed by atoms with Gasteiger partial charge in [-0.1, -0.05) is 0 Å². The molecule has 2 unspecified atom stereocenters. The minimum atomic E-state index is -1.96. The van der Waals surface area contributed by atoms with Crippen LogP contribution in [0.4, 0.5) is 9.59 Å². The third-order valence-electron chi connectivity index (χ3n) is 4.31. The molecule has 1 saturated heterocycles. The van der Waals surface area contributed by atoms with Crippen LogP contribution in [0, 0.1) is 5.92 Å². The molecule has 1 aliphatic heterocycles. The molecule has 0 spiro atoms. The highest BCUT2D eigenvalue weighted by molar-refractivity contribution is 6.01. The highest BCUT2D eigenvalue weighted by Gasteiger charge is 2.59. The van der Waals surface area contributed by atoms with Crippen molar-refractivity contribution in [1.29, 1.82) is 0 Å². The van der Waals surface area contributed by atoms with Crippen LogP contribution >= 0.6 is 0 Å². The minimum Gasteiger partial charge on any atom is -0.479 e. The number of aliphatic carboxylic acids is 1. The number of nitrogens with one attached hydrogen (secondary N) is 1. The van der Waals surface area contributed by atoms with Crippen LogP contribution in [0.5, 0.6) is 0 Å². The van der Waals surface area contributed by atoms with Gasteiger partial charge in [-0.2, -0.15) is 0 Å². The predicted octanol–water partition coefficient (Wildman–Crippen LogP) is 2.92. The smallest absolute Gasteiger partial charge is 0.417 e. The van der Waals surface area contributed by atoms with Crippen molar-refractivity contribution in [1.82, 2.24) is 10.2 Å². The molecule has 0 aromatic heterocycles. The van der Waals surface area contributed by atoms with Crippen molar-refractivity contribution in [3.63, 3.8) is 0 Å². The summed E-state index contributed by atoms with van der Waals surface area (Å²) in [6.07, 6.45) is -1.78. The molecule has 160 valence electrons. The van der Waals surface area contributed by atoms with Gasteiger partial charge in [0.25, 0.3) is 0 Å². The van der Waals surface area contributed by atoms with E-state index in [-0.39, 0.29) is 6.42 Å². The van der Waals surface area contributed by atoms with Crippen LogP contribution in [0.25, 0.3) is 0 Å². The Morgan fingerprint density at radius 3 is 1.89 bits per heavy atom. The van der Waals surface area contributed by atoms with E-state index in [1.807, 2.05) is 0 Å². The molecule has 2 atom stereocenters. The van der Waals surface area contributed by atoms with Crippen molar-refractivity contribution in [3.8, 4) is 0 Å². The van der Waals surface area contributed by atoms with Crippen molar-refractivity contribution in [3.05, 3.63) is 0 Å². The Hall–Kier alpha value is -2.32. The predicted molar refractivity (Wildman–Crippen MR) is 101 cm³/mol. The van der Waals surface area contributed by atoms with Gasteiger partial charge in [0.2, 0.25) is 5.91 Å². The van der Waals surface area contributed by atoms with Crippen molar-refractivity contribution >= 4 is 24.1 Å². The third-order valence-corrected chi connectivity index (χ3v) is 4.31. The van der Waals surface area contributed by atoms with Gasteiger partial charge in [0.1, 0.15) is 16.7 Å². The van der Waals surface area contributed by atoms with Gasteiger partial charge in [-0.3, -0.25) is 4.79 Å². The molecular formula is C19H32N2O7. The first-order valence-corrected chi connectivity index (χ1v) is 9.12. The number of carboxylic acid groups (broad SMARTS) is 1. The molecule has 0 bridgehead atoms. The number of amides is 3. The first-order chi connectivity index (χ1) is 12.3. The topological polar surface area (TPSA) is 122 Å². The number of ether oxygens (including phenoxy) is 2. The maximum absolute atomic E-state index is 13.0. The van der Waals surface area contributed by atoms with E-state index in [1.54, 1.807) is 55.4 Å². The standard InChI is InChI=1S/C19H32N2O7/c1-16(2,3)27-14(25)20-19(9,13(23)24)11-10-18(7,8)21(12(11)22)15(26)28-17(4,5)6/h11H,10H2,1-9H3,(H,20,25)(H,23,24). The number of carbonyl (C=O) groups excluding carboxylic acids is 3. The zero-order valence-corrected chi connectivity index (χ0v) is 18.1. The van der Waals surface area contributed by atoms with Crippen molar-refractivity contribution in [2.75, 3.05) is 0 Å². The molecule has 0 radical (unpaired) electrons. The monoisotopic (exact) mass is 400 g/mol. The van der Waals surface area contributed by atoms with Crippen LogP contribution in [-0.4, -0.2) is 56.3 Å². The van der Waals surface area contributed by atoms with Gasteiger partial charge in [0.15, 0.2) is 0 Å². The van der Waals surface area contributed by atoms with Crippen LogP contribution in [-0.2, 0) is 19.1 Å². The fraction of sp³-hybridized carbons (Fsp3) is 0.789. The average Bonchev–Trinajstić information content (AvgIpc) is 2.64. The molecule has 0 aliphatic carbocycles. The Labute approximate surface area is 165 Å². The number of hydrogen-bond acceptors (Lipinski definition) is 6. The van der Waals surface area contributed by atoms with Crippen LogP contribution in [0.1, 0.15) is 68.7 Å². The summed E-state index contributed by atoms with van der Waals surface area (Å²) in [5.74, 6) is -3.31.